The van der Waals surface area contributed by atoms with Gasteiger partial charge in [0.25, 0.3) is 0 Å². The number of rotatable bonds is 4. The number of thiophene rings is 1. The van der Waals surface area contributed by atoms with Gasteiger partial charge in [0, 0.05) is 44.1 Å². The smallest absolute Gasteiger partial charge is 0.0701 e. The fourth-order valence-electron chi connectivity index (χ4n) is 3.22. The quantitative estimate of drug-likeness (QED) is 0.847. The minimum absolute atomic E-state index is 0. The van der Waals surface area contributed by atoms with Gasteiger partial charge in [0.2, 0.25) is 0 Å². The maximum absolute atomic E-state index is 3.55. The summed E-state index contributed by atoms with van der Waals surface area (Å²) in [4.78, 5) is 6.75. The zero-order chi connectivity index (χ0) is 13.8. The van der Waals surface area contributed by atoms with E-state index in [-0.39, 0.29) is 12.4 Å². The second-order valence-corrected chi connectivity index (χ2v) is 8.52. The van der Waals surface area contributed by atoms with Crippen molar-refractivity contribution in [3.8, 4) is 0 Å². The summed E-state index contributed by atoms with van der Waals surface area (Å²) in [6.45, 7) is 9.82. The summed E-state index contributed by atoms with van der Waals surface area (Å²) in [5.74, 6) is 0.927. The highest BCUT2D eigenvalue weighted by atomic mass is 79.9. The standard InChI is InChI=1S/C15H24BrN3S.ClH/c16-15-2-1-14(20-15)12-19-9-7-18(8-10-19)11-13-3-5-17-6-4-13;/h1-2,13,17H,3-12H2;1H. The third-order valence-corrected chi connectivity index (χ3v) is 6.06. The molecule has 0 saturated carbocycles. The first-order chi connectivity index (χ1) is 9.79. The van der Waals surface area contributed by atoms with Crippen molar-refractivity contribution in [1.29, 1.82) is 0 Å². The van der Waals surface area contributed by atoms with Gasteiger partial charge in [-0.1, -0.05) is 0 Å². The van der Waals surface area contributed by atoms with Crippen molar-refractivity contribution in [3.63, 3.8) is 0 Å². The molecule has 3 nitrogen and oxygen atoms in total. The van der Waals surface area contributed by atoms with E-state index in [9.17, 15) is 0 Å². The van der Waals surface area contributed by atoms with Crippen LogP contribution in [0.4, 0.5) is 0 Å². The van der Waals surface area contributed by atoms with E-state index in [0.717, 1.165) is 12.5 Å². The van der Waals surface area contributed by atoms with Gasteiger partial charge < -0.3 is 10.2 Å². The van der Waals surface area contributed by atoms with Crippen molar-refractivity contribution in [3.05, 3.63) is 20.8 Å². The van der Waals surface area contributed by atoms with Gasteiger partial charge >= 0.3 is 0 Å². The minimum atomic E-state index is 0. The Kier molecular flexibility index (Phi) is 7.46. The number of hydrogen-bond acceptors (Lipinski definition) is 4. The number of piperazine rings is 1. The van der Waals surface area contributed by atoms with Crippen LogP contribution in [0.1, 0.15) is 17.7 Å². The lowest BCUT2D eigenvalue weighted by atomic mass is 9.97. The van der Waals surface area contributed by atoms with E-state index < -0.39 is 0 Å². The van der Waals surface area contributed by atoms with E-state index in [1.165, 1.54) is 67.3 Å². The van der Waals surface area contributed by atoms with E-state index in [0.29, 0.717) is 0 Å². The normalized spacial score (nSPS) is 22.1. The molecule has 0 atom stereocenters. The van der Waals surface area contributed by atoms with Crippen molar-refractivity contribution in [2.45, 2.75) is 19.4 Å². The molecule has 0 spiro atoms. The monoisotopic (exact) mass is 393 g/mol. The van der Waals surface area contributed by atoms with Crippen LogP contribution in [-0.4, -0.2) is 55.6 Å². The highest BCUT2D eigenvalue weighted by Gasteiger charge is 2.21. The summed E-state index contributed by atoms with van der Waals surface area (Å²) in [6, 6.07) is 4.41. The van der Waals surface area contributed by atoms with Crippen LogP contribution < -0.4 is 5.32 Å². The Labute approximate surface area is 146 Å². The summed E-state index contributed by atoms with van der Waals surface area (Å²) in [6.07, 6.45) is 2.73. The van der Waals surface area contributed by atoms with Crippen LogP contribution in [0.3, 0.4) is 0 Å². The molecule has 21 heavy (non-hydrogen) atoms. The number of hydrogen-bond donors (Lipinski definition) is 1. The molecule has 120 valence electrons. The van der Waals surface area contributed by atoms with E-state index in [1.54, 1.807) is 0 Å². The molecule has 2 aliphatic heterocycles. The van der Waals surface area contributed by atoms with Crippen LogP contribution in [0, 0.1) is 5.92 Å². The Morgan fingerprint density at radius 2 is 1.76 bits per heavy atom. The third kappa shape index (κ3) is 5.48. The second kappa shape index (κ2) is 8.85. The predicted molar refractivity (Wildman–Crippen MR) is 96.6 cm³/mol. The fraction of sp³-hybridized carbons (Fsp3) is 0.733. The van der Waals surface area contributed by atoms with E-state index >= 15 is 0 Å². The van der Waals surface area contributed by atoms with Gasteiger partial charge in [0.1, 0.15) is 0 Å². The lowest BCUT2D eigenvalue weighted by Crippen LogP contribution is -2.48. The van der Waals surface area contributed by atoms with Crippen LogP contribution in [0.5, 0.6) is 0 Å². The Hall–Kier alpha value is 0.350. The number of halogens is 2. The fourth-order valence-corrected chi connectivity index (χ4v) is 4.74. The van der Waals surface area contributed by atoms with Gasteiger partial charge in [-0.15, -0.1) is 23.7 Å². The highest BCUT2D eigenvalue weighted by molar-refractivity contribution is 9.11. The third-order valence-electron chi connectivity index (χ3n) is 4.45. The summed E-state index contributed by atoms with van der Waals surface area (Å²) in [5.41, 5.74) is 0. The molecule has 0 aliphatic carbocycles. The Balaban J connectivity index is 0.00000161. The molecule has 0 unspecified atom stereocenters. The number of nitrogens with zero attached hydrogens (tertiary/aromatic N) is 2. The molecular weight excluding hydrogens is 370 g/mol. The predicted octanol–water partition coefficient (Wildman–Crippen LogP) is 3.05. The van der Waals surface area contributed by atoms with Gasteiger partial charge in [-0.3, -0.25) is 4.90 Å². The molecule has 2 aliphatic rings. The average molecular weight is 395 g/mol. The first-order valence-corrected chi connectivity index (χ1v) is 9.30. The molecule has 0 radical (unpaired) electrons. The molecule has 1 aromatic heterocycles. The molecule has 2 fully saturated rings. The Morgan fingerprint density at radius 1 is 1.10 bits per heavy atom. The first kappa shape index (κ1) is 17.7. The first-order valence-electron chi connectivity index (χ1n) is 7.69. The van der Waals surface area contributed by atoms with Gasteiger partial charge in [0.05, 0.1) is 3.79 Å². The number of nitrogens with one attached hydrogen (secondary N) is 1. The minimum Gasteiger partial charge on any atom is -0.317 e. The molecule has 1 N–H and O–H groups in total. The van der Waals surface area contributed by atoms with Crippen molar-refractivity contribution in [1.82, 2.24) is 15.1 Å². The largest absolute Gasteiger partial charge is 0.317 e. The number of piperidine rings is 1. The lowest BCUT2D eigenvalue weighted by Gasteiger charge is -2.37. The summed E-state index contributed by atoms with van der Waals surface area (Å²) < 4.78 is 1.25. The summed E-state index contributed by atoms with van der Waals surface area (Å²) in [7, 11) is 0. The molecule has 3 rings (SSSR count). The molecule has 2 saturated heterocycles. The zero-order valence-corrected chi connectivity index (χ0v) is 15.6. The van der Waals surface area contributed by atoms with Gasteiger partial charge in [0.15, 0.2) is 0 Å². The Bertz CT molecular complexity index is 415. The topological polar surface area (TPSA) is 18.5 Å². The van der Waals surface area contributed by atoms with Gasteiger partial charge in [-0.25, -0.2) is 0 Å². The van der Waals surface area contributed by atoms with Crippen molar-refractivity contribution in [2.75, 3.05) is 45.8 Å². The van der Waals surface area contributed by atoms with Crippen LogP contribution in [0.15, 0.2) is 15.9 Å². The maximum Gasteiger partial charge on any atom is 0.0701 e. The Morgan fingerprint density at radius 3 is 2.38 bits per heavy atom. The maximum atomic E-state index is 3.55. The summed E-state index contributed by atoms with van der Waals surface area (Å²) in [5, 5.41) is 3.46. The van der Waals surface area contributed by atoms with Crippen molar-refractivity contribution >= 4 is 39.7 Å². The van der Waals surface area contributed by atoms with Crippen LogP contribution in [-0.2, 0) is 6.54 Å². The molecule has 6 heteroatoms. The molecule has 0 bridgehead atoms. The highest BCUT2D eigenvalue weighted by Crippen LogP contribution is 2.24. The SMILES string of the molecule is Brc1ccc(CN2CCN(CC3CCNCC3)CC2)s1.Cl. The zero-order valence-electron chi connectivity index (χ0n) is 12.4. The average Bonchev–Trinajstić information content (AvgIpc) is 2.88. The van der Waals surface area contributed by atoms with E-state index in [2.05, 4.69) is 43.2 Å². The molecule has 1 aromatic rings. The molecule has 0 amide bonds. The van der Waals surface area contributed by atoms with E-state index in [1.807, 2.05) is 11.3 Å². The molecular formula is C15H25BrClN3S. The van der Waals surface area contributed by atoms with Gasteiger partial charge in [-0.2, -0.15) is 0 Å². The van der Waals surface area contributed by atoms with Crippen molar-refractivity contribution < 1.29 is 0 Å². The lowest BCUT2D eigenvalue weighted by molar-refractivity contribution is 0.107. The molecule has 3 heterocycles. The van der Waals surface area contributed by atoms with Crippen LogP contribution in [0.2, 0.25) is 0 Å². The van der Waals surface area contributed by atoms with E-state index in [4.69, 9.17) is 0 Å². The summed E-state index contributed by atoms with van der Waals surface area (Å²) >= 11 is 5.41. The molecule has 0 aromatic carbocycles. The van der Waals surface area contributed by atoms with Crippen molar-refractivity contribution in [2.24, 2.45) is 5.92 Å². The van der Waals surface area contributed by atoms with Crippen LogP contribution in [0.25, 0.3) is 0 Å². The van der Waals surface area contributed by atoms with Crippen LogP contribution >= 0.6 is 39.7 Å². The van der Waals surface area contributed by atoms with Gasteiger partial charge in [-0.05, 0) is 59.9 Å². The second-order valence-electron chi connectivity index (χ2n) is 5.98.